The number of aryl methyl sites for hydroxylation is 1. The van der Waals surface area contributed by atoms with Crippen LogP contribution < -0.4 is 0 Å². The Kier molecular flexibility index (Phi) is 4.46. The minimum absolute atomic E-state index is 0.957. The third-order valence-electron chi connectivity index (χ3n) is 6.61. The molecule has 1 aromatic heterocycles. The van der Waals surface area contributed by atoms with Crippen molar-refractivity contribution in [1.82, 2.24) is 0 Å². The van der Waals surface area contributed by atoms with Gasteiger partial charge in [0.2, 0.25) is 0 Å². The standard InChI is InChI=1S/C18H16.C12H8O/c1-3-7-15-13(5-1)9-11-18-16-8-4-2-6-14(16)10-12-17(15)18;1-2-4-10-8-12-11(5-6-13-12)7-9(10)3-1/h1,3-5,7-9,11H,2,6,10,12H2;1-8H. The molecule has 0 N–H and O–H groups in total. The minimum atomic E-state index is 0.957. The number of rotatable bonds is 0. The van der Waals surface area contributed by atoms with Gasteiger partial charge >= 0.3 is 0 Å². The molecule has 4 aromatic carbocycles. The summed E-state index contributed by atoms with van der Waals surface area (Å²) in [6.45, 7) is 0. The van der Waals surface area contributed by atoms with Gasteiger partial charge in [-0.05, 0) is 82.1 Å². The fourth-order valence-corrected chi connectivity index (χ4v) is 5.03. The normalized spacial score (nSPS) is 15.0. The Hall–Kier alpha value is -3.58. The molecule has 0 saturated carbocycles. The average molecular weight is 401 g/mol. The lowest BCUT2D eigenvalue weighted by Gasteiger charge is -2.25. The Morgan fingerprint density at radius 1 is 0.645 bits per heavy atom. The van der Waals surface area contributed by atoms with E-state index in [1.165, 1.54) is 63.8 Å². The SMILES string of the molecule is C1=CC2=C(CC1)CCc1c2ccc2ccccc12.c1ccc2cc3occc3cc2c1. The first kappa shape index (κ1) is 18.2. The molecule has 2 aliphatic rings. The molecule has 0 saturated heterocycles. The maximum absolute atomic E-state index is 5.33. The van der Waals surface area contributed by atoms with E-state index in [9.17, 15) is 0 Å². The highest BCUT2D eigenvalue weighted by Crippen LogP contribution is 2.39. The van der Waals surface area contributed by atoms with Crippen LogP contribution >= 0.6 is 0 Å². The third kappa shape index (κ3) is 3.27. The average Bonchev–Trinajstić information content (AvgIpc) is 3.30. The van der Waals surface area contributed by atoms with Gasteiger partial charge in [0.15, 0.2) is 0 Å². The van der Waals surface area contributed by atoms with Gasteiger partial charge in [0, 0.05) is 5.39 Å². The molecule has 150 valence electrons. The van der Waals surface area contributed by atoms with Crippen molar-refractivity contribution >= 4 is 38.1 Å². The molecular formula is C30H24O. The van der Waals surface area contributed by atoms with Crippen molar-refractivity contribution < 1.29 is 4.42 Å². The van der Waals surface area contributed by atoms with Crippen LogP contribution in [0.3, 0.4) is 0 Å². The summed E-state index contributed by atoms with van der Waals surface area (Å²) >= 11 is 0. The summed E-state index contributed by atoms with van der Waals surface area (Å²) in [5, 5.41) is 6.47. The molecule has 0 amide bonds. The Morgan fingerprint density at radius 2 is 1.45 bits per heavy atom. The zero-order chi connectivity index (χ0) is 20.6. The highest BCUT2D eigenvalue weighted by molar-refractivity contribution is 5.96. The van der Waals surface area contributed by atoms with Crippen LogP contribution in [0.5, 0.6) is 0 Å². The van der Waals surface area contributed by atoms with E-state index in [0.717, 1.165) is 5.58 Å². The number of hydrogen-bond donors (Lipinski definition) is 0. The Morgan fingerprint density at radius 3 is 2.35 bits per heavy atom. The fourth-order valence-electron chi connectivity index (χ4n) is 5.03. The number of hydrogen-bond acceptors (Lipinski definition) is 1. The zero-order valence-electron chi connectivity index (χ0n) is 17.5. The summed E-state index contributed by atoms with van der Waals surface area (Å²) in [4.78, 5) is 0. The summed E-state index contributed by atoms with van der Waals surface area (Å²) in [5.41, 5.74) is 7.16. The van der Waals surface area contributed by atoms with E-state index < -0.39 is 0 Å². The van der Waals surface area contributed by atoms with E-state index in [1.54, 1.807) is 17.4 Å². The second-order valence-corrected chi connectivity index (χ2v) is 8.43. The smallest absolute Gasteiger partial charge is 0.134 e. The van der Waals surface area contributed by atoms with Gasteiger partial charge in [-0.3, -0.25) is 0 Å². The van der Waals surface area contributed by atoms with E-state index in [4.69, 9.17) is 4.42 Å². The number of fused-ring (bicyclic) bond motifs is 6. The number of benzene rings is 4. The quantitative estimate of drug-likeness (QED) is 0.254. The van der Waals surface area contributed by atoms with Crippen molar-refractivity contribution in [3.63, 3.8) is 0 Å². The molecule has 0 radical (unpaired) electrons. The van der Waals surface area contributed by atoms with Crippen molar-refractivity contribution in [2.45, 2.75) is 25.7 Å². The van der Waals surface area contributed by atoms with Crippen molar-refractivity contribution in [3.05, 3.63) is 114 Å². The fraction of sp³-hybridized carbons (Fsp3) is 0.133. The molecule has 1 heterocycles. The minimum Gasteiger partial charge on any atom is -0.464 e. The van der Waals surface area contributed by atoms with Crippen LogP contribution in [-0.4, -0.2) is 0 Å². The van der Waals surface area contributed by atoms with Gasteiger partial charge in [0.05, 0.1) is 6.26 Å². The summed E-state index contributed by atoms with van der Waals surface area (Å²) < 4.78 is 5.33. The Labute approximate surface area is 182 Å². The van der Waals surface area contributed by atoms with Gasteiger partial charge in [-0.2, -0.15) is 0 Å². The van der Waals surface area contributed by atoms with E-state index in [-0.39, 0.29) is 0 Å². The van der Waals surface area contributed by atoms with Gasteiger partial charge in [0.25, 0.3) is 0 Å². The molecule has 31 heavy (non-hydrogen) atoms. The topological polar surface area (TPSA) is 13.1 Å². The van der Waals surface area contributed by atoms with Crippen LogP contribution in [0.25, 0.3) is 38.1 Å². The predicted molar refractivity (Wildman–Crippen MR) is 131 cm³/mol. The van der Waals surface area contributed by atoms with Gasteiger partial charge in [-0.1, -0.05) is 78.4 Å². The molecule has 1 heteroatoms. The molecule has 1 nitrogen and oxygen atoms in total. The molecule has 0 aliphatic heterocycles. The largest absolute Gasteiger partial charge is 0.464 e. The van der Waals surface area contributed by atoms with Crippen LogP contribution in [0.4, 0.5) is 0 Å². The van der Waals surface area contributed by atoms with Crippen LogP contribution in [0.15, 0.2) is 107 Å². The number of allylic oxidation sites excluding steroid dienone is 4. The highest BCUT2D eigenvalue weighted by atomic mass is 16.3. The summed E-state index contributed by atoms with van der Waals surface area (Å²) in [5.74, 6) is 0. The second kappa shape index (κ2) is 7.59. The first-order chi connectivity index (χ1) is 15.4. The summed E-state index contributed by atoms with van der Waals surface area (Å²) in [7, 11) is 0. The molecule has 0 spiro atoms. The van der Waals surface area contributed by atoms with E-state index >= 15 is 0 Å². The third-order valence-corrected chi connectivity index (χ3v) is 6.61. The van der Waals surface area contributed by atoms with Crippen molar-refractivity contribution in [3.8, 4) is 0 Å². The number of furan rings is 1. The van der Waals surface area contributed by atoms with Crippen LogP contribution in [0.2, 0.25) is 0 Å². The van der Waals surface area contributed by atoms with Crippen LogP contribution in [0, 0.1) is 0 Å². The first-order valence-electron chi connectivity index (χ1n) is 11.1. The summed E-state index contributed by atoms with van der Waals surface area (Å²) in [6, 6.07) is 27.9. The lowest BCUT2D eigenvalue weighted by atomic mass is 9.80. The first-order valence-corrected chi connectivity index (χ1v) is 11.1. The van der Waals surface area contributed by atoms with Gasteiger partial charge in [0.1, 0.15) is 5.58 Å². The van der Waals surface area contributed by atoms with Crippen molar-refractivity contribution in [2.75, 3.05) is 0 Å². The molecule has 0 bridgehead atoms. The Bertz CT molecular complexity index is 1430. The molecular weight excluding hydrogens is 376 g/mol. The Balaban J connectivity index is 0.000000126. The molecule has 7 rings (SSSR count). The lowest BCUT2D eigenvalue weighted by molar-refractivity contribution is 0.616. The van der Waals surface area contributed by atoms with E-state index in [2.05, 4.69) is 72.8 Å². The molecule has 0 fully saturated rings. The zero-order valence-corrected chi connectivity index (χ0v) is 17.5. The van der Waals surface area contributed by atoms with Crippen molar-refractivity contribution in [1.29, 1.82) is 0 Å². The lowest BCUT2D eigenvalue weighted by Crippen LogP contribution is -2.06. The second-order valence-electron chi connectivity index (χ2n) is 8.43. The molecule has 5 aromatic rings. The van der Waals surface area contributed by atoms with Crippen LogP contribution in [-0.2, 0) is 6.42 Å². The van der Waals surface area contributed by atoms with E-state index in [0.29, 0.717) is 0 Å². The van der Waals surface area contributed by atoms with Gasteiger partial charge < -0.3 is 4.42 Å². The van der Waals surface area contributed by atoms with E-state index in [1.807, 2.05) is 18.2 Å². The predicted octanol–water partition coefficient (Wildman–Crippen LogP) is 8.48. The molecule has 2 aliphatic carbocycles. The van der Waals surface area contributed by atoms with Gasteiger partial charge in [-0.15, -0.1) is 0 Å². The maximum atomic E-state index is 5.33. The summed E-state index contributed by atoms with van der Waals surface area (Å²) in [6.07, 6.45) is 11.3. The van der Waals surface area contributed by atoms with Gasteiger partial charge in [-0.25, -0.2) is 0 Å². The highest BCUT2D eigenvalue weighted by Gasteiger charge is 2.20. The molecule has 0 unspecified atom stereocenters. The maximum Gasteiger partial charge on any atom is 0.134 e. The van der Waals surface area contributed by atoms with Crippen LogP contribution in [0.1, 0.15) is 30.4 Å². The molecule has 0 atom stereocenters. The monoisotopic (exact) mass is 400 g/mol. The van der Waals surface area contributed by atoms with Crippen molar-refractivity contribution in [2.24, 2.45) is 0 Å².